The predicted molar refractivity (Wildman–Crippen MR) is 119 cm³/mol. The van der Waals surface area contributed by atoms with Crippen molar-refractivity contribution in [2.24, 2.45) is 0 Å². The van der Waals surface area contributed by atoms with Crippen LogP contribution in [0, 0.1) is 11.3 Å². The van der Waals surface area contributed by atoms with Crippen molar-refractivity contribution >= 4 is 15.6 Å². The number of sulfonamides is 1. The SMILES string of the molecule is COc1cc(S(=O)(=O)N2CCOCC2)ccc1Cc1cc(C2CC2)c2c(n1)CC=C2C#N. The normalized spacial score (nSPS) is 18.7. The molecule has 2 fully saturated rings. The molecule has 1 saturated heterocycles. The van der Waals surface area contributed by atoms with Gasteiger partial charge >= 0.3 is 0 Å². The third-order valence-electron chi connectivity index (χ3n) is 6.32. The summed E-state index contributed by atoms with van der Waals surface area (Å²) in [4.78, 5) is 5.06. The Balaban J connectivity index is 1.45. The molecule has 5 rings (SSSR count). The van der Waals surface area contributed by atoms with Crippen LogP contribution in [0.3, 0.4) is 0 Å². The highest BCUT2D eigenvalue weighted by Gasteiger charge is 2.31. The number of hydrogen-bond donors (Lipinski definition) is 0. The average molecular weight is 452 g/mol. The highest BCUT2D eigenvalue weighted by Crippen LogP contribution is 2.45. The minimum atomic E-state index is -3.59. The van der Waals surface area contributed by atoms with Crippen molar-refractivity contribution in [1.82, 2.24) is 9.29 Å². The van der Waals surface area contributed by atoms with Crippen LogP contribution in [0.25, 0.3) is 5.57 Å². The quantitative estimate of drug-likeness (QED) is 0.670. The number of fused-ring (bicyclic) bond motifs is 1. The van der Waals surface area contributed by atoms with E-state index in [-0.39, 0.29) is 4.90 Å². The molecule has 3 aliphatic rings. The summed E-state index contributed by atoms with van der Waals surface area (Å²) < 4.78 is 38.3. The standard InChI is InChI=1S/C24H25N3O4S/c1-30-23-14-20(32(28,29)27-8-10-31-11-9-27)6-4-17(23)12-19-13-21(16-2-3-16)24-18(15-25)5-7-22(24)26-19/h4-6,13-14,16H,2-3,7-12H2,1H3. The lowest BCUT2D eigenvalue weighted by Crippen LogP contribution is -2.40. The lowest BCUT2D eigenvalue weighted by molar-refractivity contribution is 0.0730. The Morgan fingerprint density at radius 2 is 2.03 bits per heavy atom. The van der Waals surface area contributed by atoms with Gasteiger partial charge in [-0.05, 0) is 36.5 Å². The Morgan fingerprint density at radius 1 is 1.25 bits per heavy atom. The second-order valence-corrected chi connectivity index (χ2v) is 10.3. The van der Waals surface area contributed by atoms with Crippen LogP contribution in [-0.4, -0.2) is 51.1 Å². The molecule has 1 aliphatic heterocycles. The topological polar surface area (TPSA) is 92.5 Å². The first kappa shape index (κ1) is 21.1. The smallest absolute Gasteiger partial charge is 0.243 e. The summed E-state index contributed by atoms with van der Waals surface area (Å²) in [5, 5.41) is 9.48. The fourth-order valence-corrected chi connectivity index (χ4v) is 5.93. The van der Waals surface area contributed by atoms with Crippen molar-refractivity contribution in [3.8, 4) is 11.8 Å². The summed E-state index contributed by atoms with van der Waals surface area (Å²) in [5.41, 5.74) is 5.75. The van der Waals surface area contributed by atoms with E-state index in [0.29, 0.717) is 50.8 Å². The largest absolute Gasteiger partial charge is 0.496 e. The molecular weight excluding hydrogens is 426 g/mol. The zero-order valence-electron chi connectivity index (χ0n) is 18.0. The van der Waals surface area contributed by atoms with Crippen molar-refractivity contribution in [1.29, 1.82) is 5.26 Å². The van der Waals surface area contributed by atoms with Gasteiger partial charge in [0.1, 0.15) is 5.75 Å². The van der Waals surface area contributed by atoms with Gasteiger partial charge in [-0.15, -0.1) is 0 Å². The molecule has 2 aromatic rings. The number of nitriles is 1. The molecule has 1 aromatic heterocycles. The Hall–Kier alpha value is -2.73. The van der Waals surface area contributed by atoms with Crippen LogP contribution in [0.15, 0.2) is 35.2 Å². The van der Waals surface area contributed by atoms with Gasteiger partial charge in [-0.3, -0.25) is 4.98 Å². The number of nitrogens with zero attached hydrogens (tertiary/aromatic N) is 3. The van der Waals surface area contributed by atoms with Gasteiger partial charge in [-0.25, -0.2) is 8.42 Å². The van der Waals surface area contributed by atoms with Gasteiger partial charge in [0.15, 0.2) is 0 Å². The van der Waals surface area contributed by atoms with E-state index in [9.17, 15) is 13.7 Å². The van der Waals surface area contributed by atoms with Crippen LogP contribution in [0.4, 0.5) is 0 Å². The molecule has 7 nitrogen and oxygen atoms in total. The van der Waals surface area contributed by atoms with Gasteiger partial charge in [0.05, 0.1) is 42.6 Å². The first-order chi connectivity index (χ1) is 15.5. The summed E-state index contributed by atoms with van der Waals surface area (Å²) >= 11 is 0. The second kappa shape index (κ2) is 8.32. The Bertz CT molecular complexity index is 1240. The zero-order chi connectivity index (χ0) is 22.3. The number of aromatic nitrogens is 1. The van der Waals surface area contributed by atoms with Crippen molar-refractivity contribution in [2.75, 3.05) is 33.4 Å². The number of hydrogen-bond acceptors (Lipinski definition) is 6. The molecular formula is C24H25N3O4S. The highest BCUT2D eigenvalue weighted by atomic mass is 32.2. The average Bonchev–Trinajstić information content (AvgIpc) is 3.58. The van der Waals surface area contributed by atoms with Gasteiger partial charge in [-0.2, -0.15) is 9.57 Å². The number of allylic oxidation sites excluding steroid dienone is 2. The molecule has 166 valence electrons. The first-order valence-corrected chi connectivity index (χ1v) is 12.3. The van der Waals surface area contributed by atoms with Crippen molar-refractivity contribution in [2.45, 2.75) is 36.5 Å². The van der Waals surface area contributed by atoms with E-state index in [1.54, 1.807) is 19.2 Å². The molecule has 0 atom stereocenters. The summed E-state index contributed by atoms with van der Waals surface area (Å²) in [7, 11) is -2.04. The van der Waals surface area contributed by atoms with Gasteiger partial charge < -0.3 is 9.47 Å². The lowest BCUT2D eigenvalue weighted by Gasteiger charge is -2.26. The van der Waals surface area contributed by atoms with E-state index < -0.39 is 10.0 Å². The van der Waals surface area contributed by atoms with E-state index in [1.165, 1.54) is 9.87 Å². The maximum absolute atomic E-state index is 13.0. The Kier molecular flexibility index (Phi) is 5.49. The minimum absolute atomic E-state index is 0.225. The molecule has 2 heterocycles. The third-order valence-corrected chi connectivity index (χ3v) is 8.22. The van der Waals surface area contributed by atoms with Crippen LogP contribution in [0.2, 0.25) is 0 Å². The summed E-state index contributed by atoms with van der Waals surface area (Å²) in [6.07, 6.45) is 5.47. The van der Waals surface area contributed by atoms with Crippen LogP contribution in [-0.2, 0) is 27.6 Å². The van der Waals surface area contributed by atoms with Gasteiger partial charge in [0, 0.05) is 48.8 Å². The molecule has 0 radical (unpaired) electrons. The monoisotopic (exact) mass is 451 g/mol. The van der Waals surface area contributed by atoms with Gasteiger partial charge in [0.2, 0.25) is 10.0 Å². The molecule has 1 aromatic carbocycles. The van der Waals surface area contributed by atoms with Crippen LogP contribution in [0.1, 0.15) is 46.8 Å². The second-order valence-electron chi connectivity index (χ2n) is 8.40. The van der Waals surface area contributed by atoms with Crippen LogP contribution < -0.4 is 4.74 Å². The van der Waals surface area contributed by atoms with E-state index in [1.807, 2.05) is 12.1 Å². The zero-order valence-corrected chi connectivity index (χ0v) is 18.8. The van der Waals surface area contributed by atoms with Crippen LogP contribution >= 0.6 is 0 Å². The lowest BCUT2D eigenvalue weighted by atomic mass is 9.97. The van der Waals surface area contributed by atoms with Crippen LogP contribution in [0.5, 0.6) is 5.75 Å². The molecule has 8 heteroatoms. The number of morpholine rings is 1. The van der Waals surface area contributed by atoms with E-state index in [0.717, 1.165) is 40.9 Å². The molecule has 0 spiro atoms. The third kappa shape index (κ3) is 3.81. The number of benzene rings is 1. The van der Waals surface area contributed by atoms with Crippen molar-refractivity contribution < 1.29 is 17.9 Å². The molecule has 1 saturated carbocycles. The maximum Gasteiger partial charge on any atom is 0.243 e. The minimum Gasteiger partial charge on any atom is -0.496 e. The molecule has 2 aliphatic carbocycles. The van der Waals surface area contributed by atoms with E-state index in [4.69, 9.17) is 14.5 Å². The predicted octanol–water partition coefficient (Wildman–Crippen LogP) is 3.04. The summed E-state index contributed by atoms with van der Waals surface area (Å²) in [6, 6.07) is 9.49. The fraction of sp³-hybridized carbons (Fsp3) is 0.417. The first-order valence-electron chi connectivity index (χ1n) is 10.9. The molecule has 0 amide bonds. The summed E-state index contributed by atoms with van der Waals surface area (Å²) in [5.74, 6) is 1.04. The highest BCUT2D eigenvalue weighted by molar-refractivity contribution is 7.89. The number of ether oxygens (including phenoxy) is 2. The number of methoxy groups -OCH3 is 1. The van der Waals surface area contributed by atoms with Gasteiger partial charge in [-0.1, -0.05) is 12.1 Å². The van der Waals surface area contributed by atoms with E-state index in [2.05, 4.69) is 12.1 Å². The number of rotatable bonds is 6. The maximum atomic E-state index is 13.0. The molecule has 0 N–H and O–H groups in total. The Labute approximate surface area is 188 Å². The number of pyridine rings is 1. The van der Waals surface area contributed by atoms with E-state index >= 15 is 0 Å². The molecule has 0 unspecified atom stereocenters. The molecule has 32 heavy (non-hydrogen) atoms. The Morgan fingerprint density at radius 3 is 2.72 bits per heavy atom. The van der Waals surface area contributed by atoms with Crippen molar-refractivity contribution in [3.63, 3.8) is 0 Å². The summed E-state index contributed by atoms with van der Waals surface area (Å²) in [6.45, 7) is 1.52. The fourth-order valence-electron chi connectivity index (χ4n) is 4.51. The molecule has 0 bridgehead atoms. The van der Waals surface area contributed by atoms with Gasteiger partial charge in [0.25, 0.3) is 0 Å². The van der Waals surface area contributed by atoms with Crippen molar-refractivity contribution in [3.05, 3.63) is 58.4 Å².